The summed E-state index contributed by atoms with van der Waals surface area (Å²) in [6.45, 7) is 0. The van der Waals surface area contributed by atoms with Crippen LogP contribution in [0.15, 0.2) is 24.3 Å². The van der Waals surface area contributed by atoms with Gasteiger partial charge in [0.15, 0.2) is 23.3 Å². The van der Waals surface area contributed by atoms with Gasteiger partial charge in [-0.1, -0.05) is 12.1 Å². The molecular formula is C14H6ClF7. The van der Waals surface area contributed by atoms with Gasteiger partial charge in [0.1, 0.15) is 0 Å². The Kier molecular flexibility index (Phi) is 4.37. The molecule has 8 heteroatoms. The van der Waals surface area contributed by atoms with E-state index in [1.54, 1.807) is 0 Å². The lowest BCUT2D eigenvalue weighted by atomic mass is 9.99. The van der Waals surface area contributed by atoms with Crippen LogP contribution in [0.4, 0.5) is 30.7 Å². The first kappa shape index (κ1) is 16.6. The van der Waals surface area contributed by atoms with Crippen molar-refractivity contribution in [2.24, 2.45) is 0 Å². The first-order valence-electron chi connectivity index (χ1n) is 5.77. The van der Waals surface area contributed by atoms with Crippen LogP contribution in [0.1, 0.15) is 11.1 Å². The lowest BCUT2D eigenvalue weighted by molar-refractivity contribution is -0.137. The van der Waals surface area contributed by atoms with E-state index >= 15 is 0 Å². The van der Waals surface area contributed by atoms with Gasteiger partial charge in [0, 0.05) is 5.56 Å². The Bertz CT molecular complexity index is 693. The molecule has 22 heavy (non-hydrogen) atoms. The van der Waals surface area contributed by atoms with E-state index in [0.29, 0.717) is 12.1 Å². The average molecular weight is 343 g/mol. The third-order valence-corrected chi connectivity index (χ3v) is 3.23. The molecule has 0 aromatic heterocycles. The molecule has 0 saturated carbocycles. The van der Waals surface area contributed by atoms with Crippen LogP contribution in [-0.4, -0.2) is 0 Å². The molecule has 0 saturated heterocycles. The van der Waals surface area contributed by atoms with Crippen molar-refractivity contribution in [2.45, 2.75) is 12.1 Å². The highest BCUT2D eigenvalue weighted by molar-refractivity contribution is 6.17. The van der Waals surface area contributed by atoms with Gasteiger partial charge in [-0.05, 0) is 17.7 Å². The maximum Gasteiger partial charge on any atom is 0.416 e. The van der Waals surface area contributed by atoms with Crippen LogP contribution >= 0.6 is 11.6 Å². The van der Waals surface area contributed by atoms with Crippen LogP contribution in [0.25, 0.3) is 11.1 Å². The van der Waals surface area contributed by atoms with Crippen LogP contribution in [0.5, 0.6) is 0 Å². The van der Waals surface area contributed by atoms with Crippen molar-refractivity contribution in [1.82, 2.24) is 0 Å². The average Bonchev–Trinajstić information content (AvgIpc) is 2.46. The Morgan fingerprint density at radius 1 is 0.864 bits per heavy atom. The highest BCUT2D eigenvalue weighted by Gasteiger charge is 2.32. The van der Waals surface area contributed by atoms with E-state index in [1.165, 1.54) is 0 Å². The SMILES string of the molecule is Fc1c(F)c(-c2cccc(C(F)(F)F)c2)c(F)c(F)c1CCl. The summed E-state index contributed by atoms with van der Waals surface area (Å²) in [5.74, 6) is -7.89. The van der Waals surface area contributed by atoms with Crippen molar-refractivity contribution in [3.8, 4) is 11.1 Å². The molecule has 2 aromatic carbocycles. The van der Waals surface area contributed by atoms with Crippen LogP contribution in [-0.2, 0) is 12.1 Å². The lowest BCUT2D eigenvalue weighted by Crippen LogP contribution is -2.07. The molecule has 0 unspecified atom stereocenters. The molecule has 0 aliphatic rings. The summed E-state index contributed by atoms with van der Waals surface area (Å²) in [4.78, 5) is 0. The van der Waals surface area contributed by atoms with E-state index in [4.69, 9.17) is 11.6 Å². The van der Waals surface area contributed by atoms with E-state index < -0.39 is 57.6 Å². The summed E-state index contributed by atoms with van der Waals surface area (Å²) >= 11 is 5.20. The first-order chi connectivity index (χ1) is 10.2. The molecule has 2 aromatic rings. The van der Waals surface area contributed by atoms with Crippen molar-refractivity contribution in [2.75, 3.05) is 0 Å². The monoisotopic (exact) mass is 342 g/mol. The van der Waals surface area contributed by atoms with Gasteiger partial charge in [0.25, 0.3) is 0 Å². The highest BCUT2D eigenvalue weighted by atomic mass is 35.5. The number of hydrogen-bond acceptors (Lipinski definition) is 0. The molecule has 0 atom stereocenters. The van der Waals surface area contributed by atoms with Crippen LogP contribution in [0.2, 0.25) is 0 Å². The molecule has 0 radical (unpaired) electrons. The Morgan fingerprint density at radius 3 is 1.86 bits per heavy atom. The van der Waals surface area contributed by atoms with E-state index in [1.807, 2.05) is 0 Å². The van der Waals surface area contributed by atoms with E-state index in [9.17, 15) is 30.7 Å². The van der Waals surface area contributed by atoms with Gasteiger partial charge in [-0.25, -0.2) is 17.6 Å². The van der Waals surface area contributed by atoms with Gasteiger partial charge in [0.2, 0.25) is 0 Å². The van der Waals surface area contributed by atoms with E-state index in [-0.39, 0.29) is 0 Å². The topological polar surface area (TPSA) is 0 Å². The van der Waals surface area contributed by atoms with E-state index in [0.717, 1.165) is 12.1 Å². The van der Waals surface area contributed by atoms with Gasteiger partial charge >= 0.3 is 6.18 Å². The summed E-state index contributed by atoms with van der Waals surface area (Å²) in [6.07, 6.45) is -4.77. The maximum absolute atomic E-state index is 13.9. The van der Waals surface area contributed by atoms with Gasteiger partial charge < -0.3 is 0 Å². The third kappa shape index (κ3) is 2.77. The van der Waals surface area contributed by atoms with Gasteiger partial charge in [-0.15, -0.1) is 11.6 Å². The van der Waals surface area contributed by atoms with Crippen molar-refractivity contribution in [3.05, 3.63) is 58.7 Å². The highest BCUT2D eigenvalue weighted by Crippen LogP contribution is 2.36. The summed E-state index contributed by atoms with van der Waals surface area (Å²) in [5, 5.41) is 0. The molecule has 0 bridgehead atoms. The zero-order valence-electron chi connectivity index (χ0n) is 10.5. The van der Waals surface area contributed by atoms with Gasteiger partial charge in [-0.3, -0.25) is 0 Å². The fraction of sp³-hybridized carbons (Fsp3) is 0.143. The molecule has 0 amide bonds. The van der Waals surface area contributed by atoms with Crippen molar-refractivity contribution in [3.63, 3.8) is 0 Å². The number of hydrogen-bond donors (Lipinski definition) is 0. The molecule has 118 valence electrons. The number of benzene rings is 2. The normalized spacial score (nSPS) is 11.8. The minimum Gasteiger partial charge on any atom is -0.203 e. The Morgan fingerprint density at radius 2 is 1.41 bits per heavy atom. The van der Waals surface area contributed by atoms with Gasteiger partial charge in [-0.2, -0.15) is 13.2 Å². The molecule has 0 heterocycles. The van der Waals surface area contributed by atoms with Crippen molar-refractivity contribution < 1.29 is 30.7 Å². The largest absolute Gasteiger partial charge is 0.416 e. The quantitative estimate of drug-likeness (QED) is 0.375. The zero-order chi connectivity index (χ0) is 16.7. The van der Waals surface area contributed by atoms with Gasteiger partial charge in [0.05, 0.1) is 17.0 Å². The molecule has 0 N–H and O–H groups in total. The maximum atomic E-state index is 13.9. The minimum atomic E-state index is -4.77. The molecular weight excluding hydrogens is 337 g/mol. The third-order valence-electron chi connectivity index (χ3n) is 2.97. The first-order valence-corrected chi connectivity index (χ1v) is 6.30. The summed E-state index contributed by atoms with van der Waals surface area (Å²) in [7, 11) is 0. The second-order valence-corrected chi connectivity index (χ2v) is 4.59. The zero-order valence-corrected chi connectivity index (χ0v) is 11.3. The van der Waals surface area contributed by atoms with Crippen molar-refractivity contribution >= 4 is 11.6 Å². The minimum absolute atomic E-state index is 0.404. The smallest absolute Gasteiger partial charge is 0.203 e. The fourth-order valence-corrected chi connectivity index (χ4v) is 2.13. The molecule has 0 spiro atoms. The number of alkyl halides is 4. The van der Waals surface area contributed by atoms with Crippen molar-refractivity contribution in [1.29, 1.82) is 0 Å². The Balaban J connectivity index is 2.74. The van der Waals surface area contributed by atoms with E-state index in [2.05, 4.69) is 0 Å². The molecule has 2 rings (SSSR count). The number of halogens is 8. The Labute approximate surface area is 125 Å². The summed E-state index contributed by atoms with van der Waals surface area (Å²) in [5.41, 5.74) is -4.07. The molecule has 0 aliphatic heterocycles. The fourth-order valence-electron chi connectivity index (χ4n) is 1.90. The Hall–Kier alpha value is -1.76. The lowest BCUT2D eigenvalue weighted by Gasteiger charge is -2.13. The predicted molar refractivity (Wildman–Crippen MR) is 66.3 cm³/mol. The summed E-state index contributed by atoms with van der Waals surface area (Å²) in [6, 6.07) is 2.86. The second-order valence-electron chi connectivity index (χ2n) is 4.32. The second kappa shape index (κ2) is 5.79. The molecule has 0 aliphatic carbocycles. The molecule has 0 nitrogen and oxygen atoms in total. The predicted octanol–water partition coefficient (Wildman–Crippen LogP) is 5.67. The van der Waals surface area contributed by atoms with Crippen LogP contribution < -0.4 is 0 Å². The van der Waals surface area contributed by atoms with Crippen LogP contribution in [0.3, 0.4) is 0 Å². The molecule has 0 fully saturated rings. The number of rotatable bonds is 2. The van der Waals surface area contributed by atoms with Crippen LogP contribution in [0, 0.1) is 23.3 Å². The standard InChI is InChI=1S/C14H6ClF7/c15-5-8-10(16)12(18)9(13(19)11(8)17)6-2-1-3-7(4-6)14(20,21)22/h1-4H,5H2. The summed E-state index contributed by atoms with van der Waals surface area (Å²) < 4.78 is 92.9.